The van der Waals surface area contributed by atoms with Crippen molar-refractivity contribution >= 4 is 12.2 Å². The van der Waals surface area contributed by atoms with Crippen LogP contribution in [0.2, 0.25) is 0 Å². The van der Waals surface area contributed by atoms with Gasteiger partial charge in [0.05, 0.1) is 0 Å². The lowest BCUT2D eigenvalue weighted by Gasteiger charge is -2.23. The summed E-state index contributed by atoms with van der Waals surface area (Å²) >= 11 is 0. The molecular formula is C26H40O. The molecule has 4 atom stereocenters. The Morgan fingerprint density at radius 3 is 2.07 bits per heavy atom. The lowest BCUT2D eigenvalue weighted by molar-refractivity contribution is 0.259. The number of hydrogen-bond acceptors (Lipinski definition) is 1. The van der Waals surface area contributed by atoms with Crippen molar-refractivity contribution < 1.29 is 5.11 Å². The molecule has 0 aromatic heterocycles. The maximum atomic E-state index is 9.45. The predicted octanol–water partition coefficient (Wildman–Crippen LogP) is 5.90. The minimum atomic E-state index is 0.297. The zero-order chi connectivity index (χ0) is 20.0. The summed E-state index contributed by atoms with van der Waals surface area (Å²) in [5.74, 6) is 6.91. The maximum Gasteiger partial charge on any atom is 0.123 e. The lowest BCUT2D eigenvalue weighted by atomic mass is 9.82. The van der Waals surface area contributed by atoms with Crippen molar-refractivity contribution in [2.75, 3.05) is 0 Å². The van der Waals surface area contributed by atoms with Gasteiger partial charge in [0.15, 0.2) is 0 Å². The van der Waals surface area contributed by atoms with E-state index in [4.69, 9.17) is 0 Å². The van der Waals surface area contributed by atoms with Gasteiger partial charge in [0.25, 0.3) is 0 Å². The minimum Gasteiger partial charge on any atom is -0.507 e. The molecule has 27 heavy (non-hydrogen) atoms. The third-order valence-corrected chi connectivity index (χ3v) is 6.34. The SMILES string of the molecule is C=C/C=c1/c(O)ccc/c1=C/C.CC(C)C.CC1CC2C3CCC(C3)C2C1. The molecule has 150 valence electrons. The summed E-state index contributed by atoms with van der Waals surface area (Å²) in [5.41, 5.74) is 0. The first-order chi connectivity index (χ1) is 12.9. The first kappa shape index (κ1) is 21.8. The molecule has 1 heteroatoms. The molecule has 0 radical (unpaired) electrons. The van der Waals surface area contributed by atoms with Crippen LogP contribution in [-0.4, -0.2) is 5.11 Å². The van der Waals surface area contributed by atoms with Crippen molar-refractivity contribution in [3.05, 3.63) is 41.3 Å². The second kappa shape index (κ2) is 10.2. The molecule has 0 aliphatic heterocycles. The Bertz CT molecular complexity index is 693. The molecule has 3 aliphatic carbocycles. The smallest absolute Gasteiger partial charge is 0.123 e. The number of aromatic hydroxyl groups is 1. The zero-order valence-corrected chi connectivity index (χ0v) is 18.1. The maximum absolute atomic E-state index is 9.45. The number of phenolic OH excluding ortho intramolecular Hbond substituents is 1. The number of rotatable bonds is 1. The molecule has 3 fully saturated rings. The number of hydrogen-bond donors (Lipinski definition) is 1. The Morgan fingerprint density at radius 2 is 1.59 bits per heavy atom. The van der Waals surface area contributed by atoms with Gasteiger partial charge in [0.1, 0.15) is 5.75 Å². The van der Waals surface area contributed by atoms with Crippen molar-refractivity contribution in [3.63, 3.8) is 0 Å². The van der Waals surface area contributed by atoms with Crippen molar-refractivity contribution in [3.8, 4) is 5.75 Å². The predicted molar refractivity (Wildman–Crippen MR) is 119 cm³/mol. The minimum absolute atomic E-state index is 0.297. The lowest BCUT2D eigenvalue weighted by Crippen LogP contribution is -2.23. The molecule has 3 aliphatic rings. The molecule has 0 amide bonds. The van der Waals surface area contributed by atoms with Crippen molar-refractivity contribution in [2.45, 2.75) is 66.7 Å². The average molecular weight is 369 g/mol. The van der Waals surface area contributed by atoms with Crippen LogP contribution in [-0.2, 0) is 0 Å². The molecule has 4 unspecified atom stereocenters. The van der Waals surface area contributed by atoms with Crippen LogP contribution in [0.4, 0.5) is 0 Å². The molecule has 2 bridgehead atoms. The molecule has 1 aromatic rings. The van der Waals surface area contributed by atoms with Crippen LogP contribution in [0, 0.1) is 35.5 Å². The summed E-state index contributed by atoms with van der Waals surface area (Å²) in [6.07, 6.45) is 13.3. The molecule has 1 N–H and O–H groups in total. The van der Waals surface area contributed by atoms with Crippen LogP contribution in [0.25, 0.3) is 12.2 Å². The van der Waals surface area contributed by atoms with Crippen molar-refractivity contribution in [1.29, 1.82) is 0 Å². The van der Waals surface area contributed by atoms with Gasteiger partial charge in [-0.1, -0.05) is 64.6 Å². The van der Waals surface area contributed by atoms with E-state index < -0.39 is 0 Å². The van der Waals surface area contributed by atoms with Crippen LogP contribution in [0.5, 0.6) is 5.75 Å². The Kier molecular flexibility index (Phi) is 8.20. The molecule has 1 nitrogen and oxygen atoms in total. The second-order valence-corrected chi connectivity index (χ2v) is 9.44. The van der Waals surface area contributed by atoms with Crippen LogP contribution < -0.4 is 10.4 Å². The monoisotopic (exact) mass is 368 g/mol. The summed E-state index contributed by atoms with van der Waals surface area (Å²) < 4.78 is 0. The topological polar surface area (TPSA) is 20.2 Å². The largest absolute Gasteiger partial charge is 0.507 e. The number of allylic oxidation sites excluding steroid dienone is 1. The molecule has 1 aromatic carbocycles. The van der Waals surface area contributed by atoms with Crippen LogP contribution >= 0.6 is 0 Å². The quantitative estimate of drug-likeness (QED) is 0.654. The highest BCUT2D eigenvalue weighted by Gasteiger charge is 2.50. The number of fused-ring (bicyclic) bond motifs is 5. The Morgan fingerprint density at radius 1 is 1.04 bits per heavy atom. The van der Waals surface area contributed by atoms with Gasteiger partial charge in [-0.15, -0.1) is 0 Å². The fourth-order valence-electron chi connectivity index (χ4n) is 5.41. The summed E-state index contributed by atoms with van der Waals surface area (Å²) in [6, 6.07) is 5.45. The fourth-order valence-corrected chi connectivity index (χ4v) is 5.41. The highest BCUT2D eigenvalue weighted by atomic mass is 16.3. The molecule has 0 saturated heterocycles. The van der Waals surface area contributed by atoms with E-state index in [0.717, 1.165) is 22.3 Å². The fraction of sp³-hybridized carbons (Fsp3) is 0.615. The molecular weight excluding hydrogens is 328 g/mol. The zero-order valence-electron chi connectivity index (χ0n) is 18.1. The molecule has 4 rings (SSSR count). The van der Waals surface area contributed by atoms with E-state index in [9.17, 15) is 5.11 Å². The van der Waals surface area contributed by atoms with Gasteiger partial charge < -0.3 is 5.11 Å². The van der Waals surface area contributed by atoms with E-state index >= 15 is 0 Å². The second-order valence-electron chi connectivity index (χ2n) is 9.44. The van der Waals surface area contributed by atoms with E-state index in [1.165, 1.54) is 23.7 Å². The summed E-state index contributed by atoms with van der Waals surface area (Å²) in [4.78, 5) is 0. The standard InChI is InChI=1S/C11H12O.C11H18.C4H10/c1-3-6-10-9(4-2)7-5-8-11(10)12;1-7-4-10-8-2-3-9(6-8)11(10)5-7;1-4(2)3/h3-8,12H,1H2,2H3;7-11H,2-6H2,1H3;4H,1-3H3/b9-4-,10-6+;;. The van der Waals surface area contributed by atoms with Gasteiger partial charge in [-0.25, -0.2) is 0 Å². The summed E-state index contributed by atoms with van der Waals surface area (Å²) in [5, 5.41) is 11.3. The first-order valence-electron chi connectivity index (χ1n) is 10.9. The molecule has 3 saturated carbocycles. The van der Waals surface area contributed by atoms with Gasteiger partial charge in [-0.05, 0) is 85.8 Å². The van der Waals surface area contributed by atoms with Crippen molar-refractivity contribution in [2.24, 2.45) is 35.5 Å². The summed E-state index contributed by atoms with van der Waals surface area (Å²) in [7, 11) is 0. The highest BCUT2D eigenvalue weighted by Crippen LogP contribution is 2.59. The van der Waals surface area contributed by atoms with Gasteiger partial charge >= 0.3 is 0 Å². The Balaban J connectivity index is 0.000000163. The Hall–Kier alpha value is -1.50. The summed E-state index contributed by atoms with van der Waals surface area (Å²) in [6.45, 7) is 14.5. The van der Waals surface area contributed by atoms with Gasteiger partial charge in [-0.2, -0.15) is 0 Å². The molecule has 0 heterocycles. The van der Waals surface area contributed by atoms with E-state index in [1.807, 2.05) is 25.1 Å². The Labute approximate surface area is 166 Å². The van der Waals surface area contributed by atoms with Crippen LogP contribution in [0.3, 0.4) is 0 Å². The van der Waals surface area contributed by atoms with Crippen molar-refractivity contribution in [1.82, 2.24) is 0 Å². The van der Waals surface area contributed by atoms with Gasteiger partial charge in [0.2, 0.25) is 0 Å². The van der Waals surface area contributed by atoms with Gasteiger partial charge in [0, 0.05) is 5.22 Å². The highest BCUT2D eigenvalue weighted by molar-refractivity contribution is 5.43. The number of phenols is 1. The third-order valence-electron chi connectivity index (χ3n) is 6.34. The van der Waals surface area contributed by atoms with Gasteiger partial charge in [-0.3, -0.25) is 0 Å². The van der Waals surface area contributed by atoms with Crippen LogP contribution in [0.1, 0.15) is 66.7 Å². The van der Waals surface area contributed by atoms with E-state index in [1.54, 1.807) is 50.3 Å². The average Bonchev–Trinajstić information content (AvgIpc) is 3.29. The van der Waals surface area contributed by atoms with E-state index in [0.29, 0.717) is 5.75 Å². The van der Waals surface area contributed by atoms with E-state index in [-0.39, 0.29) is 0 Å². The molecule has 0 spiro atoms. The normalized spacial score (nSPS) is 31.9. The first-order valence-corrected chi connectivity index (χ1v) is 10.9. The van der Waals surface area contributed by atoms with E-state index in [2.05, 4.69) is 34.3 Å². The van der Waals surface area contributed by atoms with Crippen LogP contribution in [0.15, 0.2) is 30.9 Å². The number of benzene rings is 1. The third kappa shape index (κ3) is 5.74.